The maximum atomic E-state index is 13.1. The van der Waals surface area contributed by atoms with Gasteiger partial charge in [-0.2, -0.15) is 0 Å². The van der Waals surface area contributed by atoms with Gasteiger partial charge in [-0.3, -0.25) is 4.79 Å². The SMILES string of the molecule is Cc1cc(CO)ccc1NC(=O)Cc1ccc(F)c(F)c1. The van der Waals surface area contributed by atoms with Crippen LogP contribution in [0.4, 0.5) is 14.5 Å². The predicted octanol–water partition coefficient (Wildman–Crippen LogP) is 2.95. The fourth-order valence-electron chi connectivity index (χ4n) is 1.99. The van der Waals surface area contributed by atoms with Gasteiger partial charge in [0.25, 0.3) is 0 Å². The Kier molecular flexibility index (Phi) is 4.65. The van der Waals surface area contributed by atoms with Crippen molar-refractivity contribution in [2.75, 3.05) is 5.32 Å². The van der Waals surface area contributed by atoms with Crippen LogP contribution in [0.15, 0.2) is 36.4 Å². The lowest BCUT2D eigenvalue weighted by Gasteiger charge is -2.10. The molecule has 0 fully saturated rings. The molecule has 5 heteroatoms. The van der Waals surface area contributed by atoms with Crippen LogP contribution in [0.2, 0.25) is 0 Å². The fraction of sp³-hybridized carbons (Fsp3) is 0.188. The van der Waals surface area contributed by atoms with Gasteiger partial charge in [0.15, 0.2) is 11.6 Å². The topological polar surface area (TPSA) is 49.3 Å². The molecule has 2 N–H and O–H groups in total. The quantitative estimate of drug-likeness (QED) is 0.910. The first kappa shape index (κ1) is 15.1. The van der Waals surface area contributed by atoms with E-state index < -0.39 is 11.6 Å². The molecule has 0 spiro atoms. The number of halogens is 2. The Morgan fingerprint density at radius 3 is 2.43 bits per heavy atom. The van der Waals surface area contributed by atoms with Gasteiger partial charge in [0.2, 0.25) is 5.91 Å². The number of hydrogen-bond acceptors (Lipinski definition) is 2. The van der Waals surface area contributed by atoms with Crippen LogP contribution >= 0.6 is 0 Å². The van der Waals surface area contributed by atoms with E-state index in [1.807, 2.05) is 6.92 Å². The summed E-state index contributed by atoms with van der Waals surface area (Å²) in [6.45, 7) is 1.75. The average Bonchev–Trinajstić information content (AvgIpc) is 2.45. The van der Waals surface area contributed by atoms with Crippen molar-refractivity contribution in [3.63, 3.8) is 0 Å². The van der Waals surface area contributed by atoms with Gasteiger partial charge in [-0.15, -0.1) is 0 Å². The lowest BCUT2D eigenvalue weighted by Crippen LogP contribution is -2.15. The van der Waals surface area contributed by atoms with Crippen molar-refractivity contribution >= 4 is 11.6 Å². The van der Waals surface area contributed by atoms with Crippen molar-refractivity contribution in [2.45, 2.75) is 20.0 Å². The Morgan fingerprint density at radius 2 is 1.81 bits per heavy atom. The number of amides is 1. The van der Waals surface area contributed by atoms with Gasteiger partial charge >= 0.3 is 0 Å². The molecule has 2 aromatic rings. The zero-order valence-corrected chi connectivity index (χ0v) is 11.5. The summed E-state index contributed by atoms with van der Waals surface area (Å²) >= 11 is 0. The third kappa shape index (κ3) is 3.86. The van der Waals surface area contributed by atoms with Crippen molar-refractivity contribution in [3.05, 3.63) is 64.7 Å². The molecule has 0 heterocycles. The van der Waals surface area contributed by atoms with Gasteiger partial charge < -0.3 is 10.4 Å². The van der Waals surface area contributed by atoms with Crippen LogP contribution in [-0.2, 0) is 17.8 Å². The van der Waals surface area contributed by atoms with Gasteiger partial charge in [0, 0.05) is 5.69 Å². The maximum absolute atomic E-state index is 13.1. The molecule has 3 nitrogen and oxygen atoms in total. The van der Waals surface area contributed by atoms with E-state index in [0.29, 0.717) is 11.3 Å². The Morgan fingerprint density at radius 1 is 1.10 bits per heavy atom. The van der Waals surface area contributed by atoms with Crippen molar-refractivity contribution in [2.24, 2.45) is 0 Å². The summed E-state index contributed by atoms with van der Waals surface area (Å²) in [6, 6.07) is 8.56. The van der Waals surface area contributed by atoms with Crippen LogP contribution < -0.4 is 5.32 Å². The Balaban J connectivity index is 2.06. The van der Waals surface area contributed by atoms with E-state index in [4.69, 9.17) is 5.11 Å². The van der Waals surface area contributed by atoms with Crippen LogP contribution in [0.25, 0.3) is 0 Å². The molecule has 0 aliphatic carbocycles. The van der Waals surface area contributed by atoms with Crippen LogP contribution in [-0.4, -0.2) is 11.0 Å². The van der Waals surface area contributed by atoms with E-state index >= 15 is 0 Å². The molecular formula is C16H15F2NO2. The van der Waals surface area contributed by atoms with Crippen LogP contribution in [0.1, 0.15) is 16.7 Å². The van der Waals surface area contributed by atoms with Gasteiger partial charge in [0.1, 0.15) is 0 Å². The van der Waals surface area contributed by atoms with Gasteiger partial charge in [0.05, 0.1) is 13.0 Å². The van der Waals surface area contributed by atoms with Crippen LogP contribution in [0, 0.1) is 18.6 Å². The summed E-state index contributed by atoms with van der Waals surface area (Å²) in [6.07, 6.45) is -0.0433. The third-order valence-electron chi connectivity index (χ3n) is 3.10. The average molecular weight is 291 g/mol. The highest BCUT2D eigenvalue weighted by atomic mass is 19.2. The second kappa shape index (κ2) is 6.45. The number of aliphatic hydroxyl groups is 1. The summed E-state index contributed by atoms with van der Waals surface area (Å²) in [4.78, 5) is 11.9. The van der Waals surface area contributed by atoms with E-state index in [0.717, 1.165) is 23.3 Å². The third-order valence-corrected chi connectivity index (χ3v) is 3.10. The minimum atomic E-state index is -0.969. The molecule has 2 rings (SSSR count). The zero-order chi connectivity index (χ0) is 15.4. The summed E-state index contributed by atoms with van der Waals surface area (Å²) in [7, 11) is 0. The van der Waals surface area contributed by atoms with Crippen LogP contribution in [0.3, 0.4) is 0 Å². The normalized spacial score (nSPS) is 10.5. The number of benzene rings is 2. The highest BCUT2D eigenvalue weighted by Crippen LogP contribution is 2.17. The fourth-order valence-corrected chi connectivity index (χ4v) is 1.99. The monoisotopic (exact) mass is 291 g/mol. The molecule has 0 aliphatic heterocycles. The number of anilines is 1. The number of hydrogen-bond donors (Lipinski definition) is 2. The van der Waals surface area contributed by atoms with Gasteiger partial charge in [-0.1, -0.05) is 18.2 Å². The minimum Gasteiger partial charge on any atom is -0.392 e. The molecule has 2 aromatic carbocycles. The van der Waals surface area contributed by atoms with E-state index in [9.17, 15) is 13.6 Å². The number of nitrogens with one attached hydrogen (secondary N) is 1. The first-order valence-corrected chi connectivity index (χ1v) is 6.44. The largest absolute Gasteiger partial charge is 0.392 e. The standard InChI is InChI=1S/C16H15F2NO2/c1-10-6-12(9-20)3-5-15(10)19-16(21)8-11-2-4-13(17)14(18)7-11/h2-7,20H,8-9H2,1H3,(H,19,21). The number of aryl methyl sites for hydroxylation is 1. The highest BCUT2D eigenvalue weighted by Gasteiger charge is 2.09. The van der Waals surface area contributed by atoms with Crippen molar-refractivity contribution in [1.82, 2.24) is 0 Å². The molecular weight excluding hydrogens is 276 g/mol. The second-order valence-electron chi connectivity index (χ2n) is 4.78. The van der Waals surface area contributed by atoms with Gasteiger partial charge in [-0.05, 0) is 41.8 Å². The molecule has 0 aliphatic rings. The first-order chi connectivity index (χ1) is 9.99. The molecule has 0 radical (unpaired) electrons. The Labute approximate surface area is 121 Å². The summed E-state index contributed by atoms with van der Waals surface area (Å²) < 4.78 is 25.9. The summed E-state index contributed by atoms with van der Waals surface area (Å²) in [5.41, 5.74) is 2.60. The molecule has 0 atom stereocenters. The van der Waals surface area contributed by atoms with Gasteiger partial charge in [-0.25, -0.2) is 8.78 Å². The van der Waals surface area contributed by atoms with Crippen molar-refractivity contribution < 1.29 is 18.7 Å². The molecule has 0 unspecified atom stereocenters. The Bertz CT molecular complexity index is 671. The highest BCUT2D eigenvalue weighted by molar-refractivity contribution is 5.93. The maximum Gasteiger partial charge on any atom is 0.228 e. The predicted molar refractivity (Wildman–Crippen MR) is 75.8 cm³/mol. The minimum absolute atomic E-state index is 0.0433. The number of carbonyl (C=O) groups is 1. The molecule has 0 saturated heterocycles. The number of aliphatic hydroxyl groups excluding tert-OH is 1. The van der Waals surface area contributed by atoms with Crippen LogP contribution in [0.5, 0.6) is 0 Å². The molecule has 21 heavy (non-hydrogen) atoms. The molecule has 110 valence electrons. The van der Waals surface area contributed by atoms with E-state index in [2.05, 4.69) is 5.32 Å². The molecule has 0 saturated carbocycles. The molecule has 0 bridgehead atoms. The molecule has 1 amide bonds. The smallest absolute Gasteiger partial charge is 0.228 e. The van der Waals surface area contributed by atoms with E-state index in [1.165, 1.54) is 6.07 Å². The Hall–Kier alpha value is -2.27. The van der Waals surface area contributed by atoms with Crippen molar-refractivity contribution in [3.8, 4) is 0 Å². The van der Waals surface area contributed by atoms with E-state index in [-0.39, 0.29) is 18.9 Å². The number of carbonyl (C=O) groups excluding carboxylic acids is 1. The number of rotatable bonds is 4. The molecule has 0 aromatic heterocycles. The van der Waals surface area contributed by atoms with E-state index in [1.54, 1.807) is 18.2 Å². The lowest BCUT2D eigenvalue weighted by molar-refractivity contribution is -0.115. The zero-order valence-electron chi connectivity index (χ0n) is 11.5. The first-order valence-electron chi connectivity index (χ1n) is 6.44. The van der Waals surface area contributed by atoms with Crippen molar-refractivity contribution in [1.29, 1.82) is 0 Å². The summed E-state index contributed by atoms with van der Waals surface area (Å²) in [5.74, 6) is -2.22. The summed E-state index contributed by atoms with van der Waals surface area (Å²) in [5, 5.41) is 11.7. The second-order valence-corrected chi connectivity index (χ2v) is 4.78. The lowest BCUT2D eigenvalue weighted by atomic mass is 10.1.